The number of carbonyl (C=O) groups excluding carboxylic acids is 1. The molecule has 1 fully saturated rings. The van der Waals surface area contributed by atoms with Crippen LogP contribution in [-0.2, 0) is 14.8 Å². The van der Waals surface area contributed by atoms with E-state index in [-0.39, 0.29) is 43.1 Å². The van der Waals surface area contributed by atoms with Crippen LogP contribution in [0.4, 0.5) is 14.5 Å². The molecule has 4 rings (SSSR count). The third-order valence-electron chi connectivity index (χ3n) is 4.63. The van der Waals surface area contributed by atoms with Crippen LogP contribution in [0.1, 0.15) is 10.5 Å². The van der Waals surface area contributed by atoms with Crippen LogP contribution >= 0.6 is 0 Å². The number of benzene rings is 2. The smallest absolute Gasteiger partial charge is 0.272 e. The van der Waals surface area contributed by atoms with Crippen molar-refractivity contribution in [1.29, 1.82) is 0 Å². The minimum absolute atomic E-state index is 0.0898. The molecule has 10 heteroatoms. The van der Waals surface area contributed by atoms with E-state index >= 15 is 0 Å². The second-order valence-electron chi connectivity index (χ2n) is 6.50. The Balaban J connectivity index is 1.61. The van der Waals surface area contributed by atoms with Crippen LogP contribution in [0.15, 0.2) is 47.4 Å². The summed E-state index contributed by atoms with van der Waals surface area (Å²) in [5.41, 5.74) is 0.638. The number of fused-ring (bicyclic) bond motifs is 1. The van der Waals surface area contributed by atoms with Gasteiger partial charge in [-0.25, -0.2) is 17.2 Å². The largest absolute Gasteiger partial charge is 0.379 e. The molecule has 1 amide bonds. The maximum Gasteiger partial charge on any atom is 0.272 e. The topological polar surface area (TPSA) is 91.5 Å². The third kappa shape index (κ3) is 3.74. The highest BCUT2D eigenvalue weighted by Gasteiger charge is 2.29. The Kier molecular flexibility index (Phi) is 5.07. The second-order valence-corrected chi connectivity index (χ2v) is 8.41. The van der Waals surface area contributed by atoms with Crippen molar-refractivity contribution in [3.63, 3.8) is 0 Å². The van der Waals surface area contributed by atoms with Crippen LogP contribution < -0.4 is 5.32 Å². The number of nitrogens with zero attached hydrogens (tertiary/aromatic N) is 1. The highest BCUT2D eigenvalue weighted by Crippen LogP contribution is 2.25. The first-order valence-electron chi connectivity index (χ1n) is 8.82. The van der Waals surface area contributed by atoms with Crippen molar-refractivity contribution in [3.8, 4) is 0 Å². The number of ether oxygens (including phenoxy) is 1. The van der Waals surface area contributed by atoms with Crippen LogP contribution in [0.25, 0.3) is 10.9 Å². The van der Waals surface area contributed by atoms with Crippen molar-refractivity contribution in [3.05, 3.63) is 59.8 Å². The van der Waals surface area contributed by atoms with Gasteiger partial charge in [-0.3, -0.25) is 4.79 Å². The molecule has 0 atom stereocenters. The van der Waals surface area contributed by atoms with Gasteiger partial charge in [0.25, 0.3) is 5.91 Å². The van der Waals surface area contributed by atoms with E-state index in [1.54, 1.807) is 6.07 Å². The molecule has 0 radical (unpaired) electrons. The van der Waals surface area contributed by atoms with Crippen LogP contribution in [0.3, 0.4) is 0 Å². The van der Waals surface area contributed by atoms with Gasteiger partial charge in [0.1, 0.15) is 22.2 Å². The Morgan fingerprint density at radius 3 is 2.55 bits per heavy atom. The van der Waals surface area contributed by atoms with Gasteiger partial charge in [0.2, 0.25) is 10.0 Å². The molecule has 3 aromatic rings. The fourth-order valence-corrected chi connectivity index (χ4v) is 4.64. The molecule has 1 aliphatic heterocycles. The van der Waals surface area contributed by atoms with E-state index in [9.17, 15) is 22.0 Å². The Morgan fingerprint density at radius 1 is 1.07 bits per heavy atom. The number of sulfonamides is 1. The number of aromatic nitrogens is 1. The lowest BCUT2D eigenvalue weighted by Gasteiger charge is -2.26. The number of carbonyl (C=O) groups is 1. The van der Waals surface area contributed by atoms with Gasteiger partial charge in [-0.1, -0.05) is 6.07 Å². The molecule has 0 spiro atoms. The minimum Gasteiger partial charge on any atom is -0.379 e. The SMILES string of the molecule is O=C(Nc1ccc(F)c(S(=O)(=O)N2CCOCC2)c1)c1cc2c(F)cccc2[nH]1. The monoisotopic (exact) mass is 421 g/mol. The van der Waals surface area contributed by atoms with Crippen molar-refractivity contribution < 1.29 is 26.7 Å². The molecule has 0 unspecified atom stereocenters. The summed E-state index contributed by atoms with van der Waals surface area (Å²) in [5, 5.41) is 2.77. The van der Waals surface area contributed by atoms with Gasteiger partial charge < -0.3 is 15.0 Å². The number of aromatic amines is 1. The van der Waals surface area contributed by atoms with Crippen LogP contribution in [0.5, 0.6) is 0 Å². The molecular weight excluding hydrogens is 404 g/mol. The summed E-state index contributed by atoms with van der Waals surface area (Å²) in [5.74, 6) is -2.00. The number of morpholine rings is 1. The van der Waals surface area contributed by atoms with Gasteiger partial charge >= 0.3 is 0 Å². The standard InChI is InChI=1S/C19H17F2N3O4S/c20-14-2-1-3-16-13(14)11-17(23-16)19(25)22-12-4-5-15(21)18(10-12)29(26,27)24-6-8-28-9-7-24/h1-5,10-11,23H,6-9H2,(H,22,25). The maximum absolute atomic E-state index is 14.3. The first kappa shape index (κ1) is 19.5. The Bertz CT molecular complexity index is 1190. The summed E-state index contributed by atoms with van der Waals surface area (Å²) in [7, 11) is -4.07. The van der Waals surface area contributed by atoms with Crippen molar-refractivity contribution in [2.45, 2.75) is 4.90 Å². The Hall–Kier alpha value is -2.82. The van der Waals surface area contributed by atoms with Gasteiger partial charge in [-0.05, 0) is 36.4 Å². The molecule has 2 heterocycles. The molecule has 1 saturated heterocycles. The number of nitrogens with one attached hydrogen (secondary N) is 2. The van der Waals surface area contributed by atoms with Crippen molar-refractivity contribution in [2.75, 3.05) is 31.6 Å². The lowest BCUT2D eigenvalue weighted by atomic mass is 10.2. The molecular formula is C19H17F2N3O4S. The number of anilines is 1. The predicted molar refractivity (Wildman–Crippen MR) is 102 cm³/mol. The van der Waals surface area contributed by atoms with Crippen LogP contribution in [0.2, 0.25) is 0 Å². The maximum atomic E-state index is 14.3. The number of halogens is 2. The molecule has 0 aliphatic carbocycles. The predicted octanol–water partition coefficient (Wildman–Crippen LogP) is 2.72. The summed E-state index contributed by atoms with van der Waals surface area (Å²) in [4.78, 5) is 14.8. The Morgan fingerprint density at radius 2 is 1.83 bits per heavy atom. The molecule has 0 saturated carbocycles. The lowest BCUT2D eigenvalue weighted by Crippen LogP contribution is -2.40. The molecule has 2 aromatic carbocycles. The first-order valence-corrected chi connectivity index (χ1v) is 10.3. The van der Waals surface area contributed by atoms with E-state index in [1.165, 1.54) is 24.3 Å². The first-order chi connectivity index (χ1) is 13.9. The number of hydrogen-bond donors (Lipinski definition) is 2. The zero-order valence-electron chi connectivity index (χ0n) is 15.1. The molecule has 29 heavy (non-hydrogen) atoms. The fourth-order valence-electron chi connectivity index (χ4n) is 3.14. The second kappa shape index (κ2) is 7.54. The van der Waals surface area contributed by atoms with E-state index in [1.807, 2.05) is 0 Å². The highest BCUT2D eigenvalue weighted by atomic mass is 32.2. The average Bonchev–Trinajstić information content (AvgIpc) is 3.16. The van der Waals surface area contributed by atoms with E-state index in [4.69, 9.17) is 4.74 Å². The molecule has 1 aromatic heterocycles. The number of rotatable bonds is 4. The molecule has 7 nitrogen and oxygen atoms in total. The minimum atomic E-state index is -4.07. The van der Waals surface area contributed by atoms with E-state index in [0.717, 1.165) is 16.4 Å². The van der Waals surface area contributed by atoms with E-state index < -0.39 is 32.5 Å². The van der Waals surface area contributed by atoms with Gasteiger partial charge in [-0.15, -0.1) is 0 Å². The fraction of sp³-hybridized carbons (Fsp3) is 0.211. The summed E-state index contributed by atoms with van der Waals surface area (Å²) >= 11 is 0. The summed E-state index contributed by atoms with van der Waals surface area (Å²) < 4.78 is 59.8. The number of hydrogen-bond acceptors (Lipinski definition) is 4. The van der Waals surface area contributed by atoms with E-state index in [0.29, 0.717) is 5.52 Å². The number of H-pyrrole nitrogens is 1. The molecule has 152 valence electrons. The van der Waals surface area contributed by atoms with Gasteiger partial charge in [0.15, 0.2) is 0 Å². The molecule has 1 aliphatic rings. The number of amides is 1. The quantitative estimate of drug-likeness (QED) is 0.678. The zero-order valence-corrected chi connectivity index (χ0v) is 15.9. The average molecular weight is 421 g/mol. The normalized spacial score (nSPS) is 15.5. The lowest BCUT2D eigenvalue weighted by molar-refractivity contribution is 0.0729. The van der Waals surface area contributed by atoms with Gasteiger partial charge in [0, 0.05) is 29.7 Å². The van der Waals surface area contributed by atoms with Crippen molar-refractivity contribution in [1.82, 2.24) is 9.29 Å². The summed E-state index contributed by atoms with van der Waals surface area (Å²) in [6.07, 6.45) is 0. The van der Waals surface area contributed by atoms with Crippen LogP contribution in [-0.4, -0.2) is 49.9 Å². The zero-order chi connectivity index (χ0) is 20.6. The van der Waals surface area contributed by atoms with Gasteiger partial charge in [0.05, 0.1) is 13.2 Å². The van der Waals surface area contributed by atoms with E-state index in [2.05, 4.69) is 10.3 Å². The van der Waals surface area contributed by atoms with Crippen molar-refractivity contribution >= 4 is 32.5 Å². The Labute approximate surface area is 165 Å². The highest BCUT2D eigenvalue weighted by molar-refractivity contribution is 7.89. The van der Waals surface area contributed by atoms with Crippen LogP contribution in [0, 0.1) is 11.6 Å². The summed E-state index contributed by atoms with van der Waals surface area (Å²) in [6, 6.07) is 9.08. The molecule has 2 N–H and O–H groups in total. The third-order valence-corrected chi connectivity index (χ3v) is 6.55. The van der Waals surface area contributed by atoms with Crippen molar-refractivity contribution in [2.24, 2.45) is 0 Å². The summed E-state index contributed by atoms with van der Waals surface area (Å²) in [6.45, 7) is 0.709. The molecule has 0 bridgehead atoms. The van der Waals surface area contributed by atoms with Gasteiger partial charge in [-0.2, -0.15) is 4.31 Å².